The van der Waals surface area contributed by atoms with E-state index >= 15 is 0 Å². The average molecular weight is 443 g/mol. The van der Waals surface area contributed by atoms with Crippen LogP contribution < -0.4 is 14.9 Å². The van der Waals surface area contributed by atoms with E-state index in [4.69, 9.17) is 30.2 Å². The van der Waals surface area contributed by atoms with Gasteiger partial charge < -0.3 is 18.6 Å². The van der Waals surface area contributed by atoms with Gasteiger partial charge in [-0.2, -0.15) is 0 Å². The molecular weight excluding hydrogens is 420 g/mol. The van der Waals surface area contributed by atoms with Crippen molar-refractivity contribution >= 4 is 28.5 Å². The summed E-state index contributed by atoms with van der Waals surface area (Å²) in [5.74, 6) is 0.403. The molecule has 1 aromatic heterocycles. The van der Waals surface area contributed by atoms with E-state index in [1.807, 2.05) is 0 Å². The second-order valence-corrected chi connectivity index (χ2v) is 7.98. The molecule has 0 radical (unpaired) electrons. The topological polar surface area (TPSA) is 75.0 Å². The van der Waals surface area contributed by atoms with Crippen molar-refractivity contribution in [3.8, 4) is 17.2 Å². The van der Waals surface area contributed by atoms with E-state index in [0.717, 1.165) is 25.7 Å². The van der Waals surface area contributed by atoms with Crippen LogP contribution in [0.4, 0.5) is 0 Å². The highest BCUT2D eigenvalue weighted by molar-refractivity contribution is 6.32. The lowest BCUT2D eigenvalue weighted by Gasteiger charge is -2.23. The molecule has 3 aromatic rings. The van der Waals surface area contributed by atoms with Crippen LogP contribution in [0.1, 0.15) is 39.0 Å². The molecule has 4 rings (SSSR count). The maximum absolute atomic E-state index is 12.8. The highest BCUT2D eigenvalue weighted by Crippen LogP contribution is 2.29. The van der Waals surface area contributed by atoms with Gasteiger partial charge in [-0.05, 0) is 56.9 Å². The first-order chi connectivity index (χ1) is 15.0. The Bertz CT molecular complexity index is 1130. The fourth-order valence-electron chi connectivity index (χ4n) is 3.58. The van der Waals surface area contributed by atoms with Crippen molar-refractivity contribution in [1.82, 2.24) is 0 Å². The predicted molar refractivity (Wildman–Crippen MR) is 117 cm³/mol. The van der Waals surface area contributed by atoms with Gasteiger partial charge in [0, 0.05) is 6.07 Å². The minimum absolute atomic E-state index is 0.0266. The first kappa shape index (κ1) is 21.2. The molecule has 1 atom stereocenters. The number of rotatable bonds is 6. The molecule has 7 heteroatoms. The number of carbonyl (C=O) groups is 1. The van der Waals surface area contributed by atoms with Gasteiger partial charge in [-0.25, -0.2) is 4.79 Å². The summed E-state index contributed by atoms with van der Waals surface area (Å²) in [5.41, 5.74) is -0.0145. The average Bonchev–Trinajstić information content (AvgIpc) is 2.78. The number of ether oxygens (including phenoxy) is 3. The zero-order valence-electron chi connectivity index (χ0n) is 17.1. The zero-order chi connectivity index (χ0) is 21.8. The van der Waals surface area contributed by atoms with Crippen LogP contribution in [0.15, 0.2) is 57.9 Å². The Labute approximate surface area is 184 Å². The monoisotopic (exact) mass is 442 g/mol. The van der Waals surface area contributed by atoms with Gasteiger partial charge in [0.15, 0.2) is 6.10 Å². The maximum atomic E-state index is 12.8. The third-order valence-corrected chi connectivity index (χ3v) is 5.56. The summed E-state index contributed by atoms with van der Waals surface area (Å²) < 4.78 is 22.5. The molecule has 1 fully saturated rings. The maximum Gasteiger partial charge on any atom is 0.347 e. The molecule has 1 aliphatic rings. The second-order valence-electron chi connectivity index (χ2n) is 7.58. The Morgan fingerprint density at radius 1 is 1.10 bits per heavy atom. The van der Waals surface area contributed by atoms with Gasteiger partial charge in [-0.1, -0.05) is 30.2 Å². The molecule has 162 valence electrons. The Morgan fingerprint density at radius 3 is 2.65 bits per heavy atom. The van der Waals surface area contributed by atoms with Crippen LogP contribution in [-0.4, -0.2) is 18.2 Å². The fraction of sp³-hybridized carbons (Fsp3) is 0.333. The summed E-state index contributed by atoms with van der Waals surface area (Å²) in [5, 5.41) is 0.717. The molecule has 31 heavy (non-hydrogen) atoms. The van der Waals surface area contributed by atoms with E-state index in [1.165, 1.54) is 12.7 Å². The molecule has 0 spiro atoms. The molecule has 0 bridgehead atoms. The molecule has 2 aromatic carbocycles. The van der Waals surface area contributed by atoms with Crippen LogP contribution in [0.3, 0.4) is 0 Å². The largest absolute Gasteiger partial charge is 0.479 e. The van der Waals surface area contributed by atoms with Gasteiger partial charge in [-0.15, -0.1) is 0 Å². The minimum Gasteiger partial charge on any atom is -0.479 e. The summed E-state index contributed by atoms with van der Waals surface area (Å²) in [7, 11) is 0. The van der Waals surface area contributed by atoms with Gasteiger partial charge in [0.1, 0.15) is 29.4 Å². The van der Waals surface area contributed by atoms with E-state index in [2.05, 4.69) is 0 Å². The molecular formula is C24H23ClO6. The van der Waals surface area contributed by atoms with Crippen molar-refractivity contribution in [3.63, 3.8) is 0 Å². The molecule has 0 saturated heterocycles. The van der Waals surface area contributed by atoms with Gasteiger partial charge in [0.25, 0.3) is 0 Å². The summed E-state index contributed by atoms with van der Waals surface area (Å²) >= 11 is 6.09. The van der Waals surface area contributed by atoms with Crippen molar-refractivity contribution in [2.24, 2.45) is 0 Å². The standard InChI is InChI=1S/C24H23ClO6/c1-15(24(27)30-16-7-3-2-4-8-16)29-17-11-12-18-21(13-17)28-14-22(23(18)26)31-20-10-6-5-9-19(20)25/h5-6,9-16H,2-4,7-8H2,1H3/t15-/m0/s1. The van der Waals surface area contributed by atoms with E-state index in [-0.39, 0.29) is 17.3 Å². The summed E-state index contributed by atoms with van der Waals surface area (Å²) in [4.78, 5) is 25.1. The number of esters is 1. The molecule has 0 unspecified atom stereocenters. The lowest BCUT2D eigenvalue weighted by molar-refractivity contribution is -0.158. The molecule has 0 N–H and O–H groups in total. The van der Waals surface area contributed by atoms with Crippen molar-refractivity contribution in [2.75, 3.05) is 0 Å². The summed E-state index contributed by atoms with van der Waals surface area (Å²) in [6, 6.07) is 11.6. The lowest BCUT2D eigenvalue weighted by atomic mass is 9.98. The molecule has 1 aliphatic carbocycles. The number of hydrogen-bond acceptors (Lipinski definition) is 6. The van der Waals surface area contributed by atoms with Gasteiger partial charge in [-0.3, -0.25) is 4.79 Å². The molecule has 6 nitrogen and oxygen atoms in total. The van der Waals surface area contributed by atoms with Crippen molar-refractivity contribution in [2.45, 2.75) is 51.2 Å². The lowest BCUT2D eigenvalue weighted by Crippen LogP contribution is -2.31. The van der Waals surface area contributed by atoms with Gasteiger partial charge in [0.05, 0.1) is 10.4 Å². The Kier molecular flexibility index (Phi) is 6.47. The molecule has 0 amide bonds. The predicted octanol–water partition coefficient (Wildman–Crippen LogP) is 5.88. The smallest absolute Gasteiger partial charge is 0.347 e. The van der Waals surface area contributed by atoms with Crippen LogP contribution in [0.2, 0.25) is 5.02 Å². The second kappa shape index (κ2) is 9.43. The van der Waals surface area contributed by atoms with E-state index in [1.54, 1.807) is 49.4 Å². The quantitative estimate of drug-likeness (QED) is 0.443. The zero-order valence-corrected chi connectivity index (χ0v) is 17.9. The fourth-order valence-corrected chi connectivity index (χ4v) is 3.75. The molecule has 0 aliphatic heterocycles. The van der Waals surface area contributed by atoms with Crippen LogP contribution in [0.25, 0.3) is 11.0 Å². The van der Waals surface area contributed by atoms with Crippen LogP contribution >= 0.6 is 11.6 Å². The molecule has 1 saturated carbocycles. The number of benzene rings is 2. The normalized spacial score (nSPS) is 15.4. The van der Waals surface area contributed by atoms with E-state index in [0.29, 0.717) is 27.5 Å². The number of carbonyl (C=O) groups excluding carboxylic acids is 1. The third-order valence-electron chi connectivity index (χ3n) is 5.25. The highest BCUT2D eigenvalue weighted by atomic mass is 35.5. The number of halogens is 1. The first-order valence-corrected chi connectivity index (χ1v) is 10.7. The Hall–Kier alpha value is -2.99. The number of hydrogen-bond donors (Lipinski definition) is 0. The van der Waals surface area contributed by atoms with Crippen LogP contribution in [0, 0.1) is 0 Å². The Morgan fingerprint density at radius 2 is 1.87 bits per heavy atom. The first-order valence-electron chi connectivity index (χ1n) is 10.4. The Balaban J connectivity index is 1.47. The van der Waals surface area contributed by atoms with E-state index in [9.17, 15) is 9.59 Å². The highest BCUT2D eigenvalue weighted by Gasteiger charge is 2.23. The van der Waals surface area contributed by atoms with Crippen molar-refractivity contribution in [3.05, 3.63) is 64.0 Å². The SMILES string of the molecule is C[C@H](Oc1ccc2c(=O)c(Oc3ccccc3Cl)coc2c1)C(=O)OC1CCCCC1. The van der Waals surface area contributed by atoms with Crippen LogP contribution in [-0.2, 0) is 9.53 Å². The van der Waals surface area contributed by atoms with Crippen molar-refractivity contribution in [1.29, 1.82) is 0 Å². The number of para-hydroxylation sites is 1. The summed E-state index contributed by atoms with van der Waals surface area (Å²) in [6.45, 7) is 1.64. The van der Waals surface area contributed by atoms with E-state index < -0.39 is 12.1 Å². The summed E-state index contributed by atoms with van der Waals surface area (Å²) in [6.07, 6.45) is 5.59. The van der Waals surface area contributed by atoms with Gasteiger partial charge >= 0.3 is 5.97 Å². The van der Waals surface area contributed by atoms with Crippen LogP contribution in [0.5, 0.6) is 17.2 Å². The third kappa shape index (κ3) is 5.02. The van der Waals surface area contributed by atoms with Crippen molar-refractivity contribution < 1.29 is 23.4 Å². The molecule has 1 heterocycles. The van der Waals surface area contributed by atoms with Gasteiger partial charge in [0.2, 0.25) is 11.2 Å². The number of fused-ring (bicyclic) bond motifs is 1. The minimum atomic E-state index is -0.770.